The van der Waals surface area contributed by atoms with E-state index in [0.717, 1.165) is 11.4 Å². The molecule has 0 saturated heterocycles. The first-order chi connectivity index (χ1) is 6.89. The van der Waals surface area contributed by atoms with Crippen molar-refractivity contribution in [2.75, 3.05) is 0 Å². The Labute approximate surface area is 88.7 Å². The molecular formula is C10H14N4O. The standard InChI is InChI=1S/C10H14N4O/c1-7-8(2)13-14(12-7)10(3,4)9(15)5-6-11/h5H2,1-4H3. The molecule has 0 atom stereocenters. The SMILES string of the molecule is Cc1nn(C(C)(C)C(=O)CC#N)nc1C. The van der Waals surface area contributed by atoms with E-state index in [4.69, 9.17) is 5.26 Å². The lowest BCUT2D eigenvalue weighted by Crippen LogP contribution is -2.37. The summed E-state index contributed by atoms with van der Waals surface area (Å²) in [5, 5.41) is 16.8. The Morgan fingerprint density at radius 1 is 1.40 bits per heavy atom. The fourth-order valence-corrected chi connectivity index (χ4v) is 1.10. The molecule has 15 heavy (non-hydrogen) atoms. The van der Waals surface area contributed by atoms with Gasteiger partial charge in [0, 0.05) is 0 Å². The number of carbonyl (C=O) groups excluding carboxylic acids is 1. The average Bonchev–Trinajstić information content (AvgIpc) is 2.48. The van der Waals surface area contributed by atoms with Gasteiger partial charge in [-0.2, -0.15) is 20.3 Å². The Hall–Kier alpha value is -1.70. The summed E-state index contributed by atoms with van der Waals surface area (Å²) in [4.78, 5) is 13.0. The summed E-state index contributed by atoms with van der Waals surface area (Å²) < 4.78 is 0. The Morgan fingerprint density at radius 2 is 1.87 bits per heavy atom. The summed E-state index contributed by atoms with van der Waals surface area (Å²) in [5.74, 6) is -0.181. The van der Waals surface area contributed by atoms with Crippen molar-refractivity contribution < 1.29 is 4.79 Å². The summed E-state index contributed by atoms with van der Waals surface area (Å²) >= 11 is 0. The van der Waals surface area contributed by atoms with Crippen LogP contribution >= 0.6 is 0 Å². The largest absolute Gasteiger partial charge is 0.296 e. The molecule has 0 radical (unpaired) electrons. The second-order valence-electron chi connectivity index (χ2n) is 3.98. The van der Waals surface area contributed by atoms with Crippen molar-refractivity contribution in [3.63, 3.8) is 0 Å². The van der Waals surface area contributed by atoms with Crippen molar-refractivity contribution in [2.45, 2.75) is 39.7 Å². The molecule has 0 aliphatic carbocycles. The summed E-state index contributed by atoms with van der Waals surface area (Å²) in [7, 11) is 0. The fourth-order valence-electron chi connectivity index (χ4n) is 1.10. The molecule has 5 nitrogen and oxygen atoms in total. The van der Waals surface area contributed by atoms with Crippen molar-refractivity contribution in [3.8, 4) is 6.07 Å². The van der Waals surface area contributed by atoms with Crippen LogP contribution in [0.15, 0.2) is 0 Å². The van der Waals surface area contributed by atoms with Crippen LogP contribution in [0.2, 0.25) is 0 Å². The third-order valence-electron chi connectivity index (χ3n) is 2.44. The fraction of sp³-hybridized carbons (Fsp3) is 0.600. The normalized spacial score (nSPS) is 11.1. The molecule has 0 spiro atoms. The zero-order chi connectivity index (χ0) is 11.6. The zero-order valence-electron chi connectivity index (χ0n) is 9.40. The minimum atomic E-state index is -0.852. The average molecular weight is 206 g/mol. The van der Waals surface area contributed by atoms with Gasteiger partial charge in [-0.05, 0) is 27.7 Å². The van der Waals surface area contributed by atoms with E-state index in [-0.39, 0.29) is 12.2 Å². The predicted molar refractivity (Wildman–Crippen MR) is 54.1 cm³/mol. The van der Waals surface area contributed by atoms with Crippen LogP contribution in [-0.4, -0.2) is 20.8 Å². The lowest BCUT2D eigenvalue weighted by atomic mass is 9.98. The quantitative estimate of drug-likeness (QED) is 0.742. The van der Waals surface area contributed by atoms with Gasteiger partial charge in [-0.1, -0.05) is 0 Å². The first-order valence-corrected chi connectivity index (χ1v) is 4.71. The molecule has 0 bridgehead atoms. The van der Waals surface area contributed by atoms with Crippen molar-refractivity contribution in [2.24, 2.45) is 0 Å². The Balaban J connectivity index is 3.06. The van der Waals surface area contributed by atoms with Crippen molar-refractivity contribution in [1.82, 2.24) is 15.0 Å². The molecule has 0 saturated carbocycles. The number of aromatic nitrogens is 3. The second kappa shape index (κ2) is 3.81. The summed E-state index contributed by atoms with van der Waals surface area (Å²) in [6.07, 6.45) is -0.118. The van der Waals surface area contributed by atoms with Crippen LogP contribution in [0.5, 0.6) is 0 Å². The second-order valence-corrected chi connectivity index (χ2v) is 3.98. The third-order valence-corrected chi connectivity index (χ3v) is 2.44. The van der Waals surface area contributed by atoms with Crippen LogP contribution in [-0.2, 0) is 10.3 Å². The molecule has 1 aromatic heterocycles. The van der Waals surface area contributed by atoms with E-state index in [1.54, 1.807) is 13.8 Å². The highest BCUT2D eigenvalue weighted by atomic mass is 16.1. The molecule has 0 unspecified atom stereocenters. The number of nitriles is 1. The van der Waals surface area contributed by atoms with Crippen LogP contribution in [0.1, 0.15) is 31.7 Å². The molecule has 1 heterocycles. The van der Waals surface area contributed by atoms with Gasteiger partial charge in [0.05, 0.1) is 23.9 Å². The highest BCUT2D eigenvalue weighted by Gasteiger charge is 2.31. The number of carbonyl (C=O) groups is 1. The number of Topliss-reactive ketones (excluding diaryl/α,β-unsaturated/α-hetero) is 1. The van der Waals surface area contributed by atoms with Gasteiger partial charge in [0.2, 0.25) is 0 Å². The molecule has 0 aromatic carbocycles. The number of rotatable bonds is 3. The van der Waals surface area contributed by atoms with E-state index in [2.05, 4.69) is 10.2 Å². The van der Waals surface area contributed by atoms with Gasteiger partial charge in [-0.15, -0.1) is 0 Å². The van der Waals surface area contributed by atoms with Gasteiger partial charge in [-0.3, -0.25) is 4.79 Å². The monoisotopic (exact) mass is 206 g/mol. The zero-order valence-corrected chi connectivity index (χ0v) is 9.40. The highest BCUT2D eigenvalue weighted by molar-refractivity contribution is 5.87. The van der Waals surface area contributed by atoms with Crippen molar-refractivity contribution in [1.29, 1.82) is 5.26 Å². The number of aryl methyl sites for hydroxylation is 2. The summed E-state index contributed by atoms with van der Waals surface area (Å²) in [6.45, 7) is 7.10. The lowest BCUT2D eigenvalue weighted by Gasteiger charge is -2.20. The summed E-state index contributed by atoms with van der Waals surface area (Å²) in [6, 6.07) is 1.85. The minimum absolute atomic E-state index is 0.118. The first-order valence-electron chi connectivity index (χ1n) is 4.71. The maximum Gasteiger partial charge on any atom is 0.175 e. The Bertz CT molecular complexity index is 406. The predicted octanol–water partition coefficient (Wildman–Crippen LogP) is 1.11. The number of hydrogen-bond acceptors (Lipinski definition) is 4. The van der Waals surface area contributed by atoms with Crippen LogP contribution in [0.25, 0.3) is 0 Å². The molecule has 80 valence electrons. The van der Waals surface area contributed by atoms with E-state index in [0.29, 0.717) is 0 Å². The van der Waals surface area contributed by atoms with Crippen molar-refractivity contribution in [3.05, 3.63) is 11.4 Å². The van der Waals surface area contributed by atoms with Crippen LogP contribution in [0.3, 0.4) is 0 Å². The van der Waals surface area contributed by atoms with Gasteiger partial charge in [0.25, 0.3) is 0 Å². The summed E-state index contributed by atoms with van der Waals surface area (Å²) in [5.41, 5.74) is 0.745. The first kappa shape index (κ1) is 11.4. The lowest BCUT2D eigenvalue weighted by molar-refractivity contribution is -0.126. The maximum absolute atomic E-state index is 11.7. The number of ketones is 1. The molecule has 0 aliphatic heterocycles. The molecule has 0 N–H and O–H groups in total. The van der Waals surface area contributed by atoms with Gasteiger partial charge >= 0.3 is 0 Å². The van der Waals surface area contributed by atoms with Crippen molar-refractivity contribution >= 4 is 5.78 Å². The topological polar surface area (TPSA) is 71.6 Å². The van der Waals surface area contributed by atoms with E-state index in [9.17, 15) is 4.79 Å². The smallest absolute Gasteiger partial charge is 0.175 e. The minimum Gasteiger partial charge on any atom is -0.296 e. The number of nitrogens with zero attached hydrogens (tertiary/aromatic N) is 4. The Morgan fingerprint density at radius 3 is 2.27 bits per heavy atom. The molecule has 1 aromatic rings. The molecule has 0 amide bonds. The van der Waals surface area contributed by atoms with E-state index < -0.39 is 5.54 Å². The molecule has 0 fully saturated rings. The highest BCUT2D eigenvalue weighted by Crippen LogP contribution is 2.16. The maximum atomic E-state index is 11.7. The third kappa shape index (κ3) is 2.04. The van der Waals surface area contributed by atoms with Gasteiger partial charge in [0.15, 0.2) is 5.78 Å². The van der Waals surface area contributed by atoms with Crippen LogP contribution in [0, 0.1) is 25.2 Å². The molecular weight excluding hydrogens is 192 g/mol. The van der Waals surface area contributed by atoms with Crippen LogP contribution < -0.4 is 0 Å². The van der Waals surface area contributed by atoms with E-state index in [1.165, 1.54) is 4.80 Å². The molecule has 1 rings (SSSR count). The Kier molecular flexibility index (Phi) is 2.89. The van der Waals surface area contributed by atoms with E-state index in [1.807, 2.05) is 19.9 Å². The van der Waals surface area contributed by atoms with Gasteiger partial charge < -0.3 is 0 Å². The van der Waals surface area contributed by atoms with Gasteiger partial charge in [0.1, 0.15) is 5.54 Å². The number of hydrogen-bond donors (Lipinski definition) is 0. The van der Waals surface area contributed by atoms with Crippen LogP contribution in [0.4, 0.5) is 0 Å². The molecule has 5 heteroatoms. The van der Waals surface area contributed by atoms with Gasteiger partial charge in [-0.25, -0.2) is 0 Å². The molecule has 0 aliphatic rings. The van der Waals surface area contributed by atoms with E-state index >= 15 is 0 Å².